The molecule has 0 aliphatic carbocycles. The van der Waals surface area contributed by atoms with Gasteiger partial charge in [-0.15, -0.1) is 0 Å². The third-order valence-electron chi connectivity index (χ3n) is 2.51. The van der Waals surface area contributed by atoms with E-state index in [0.29, 0.717) is 17.0 Å². The van der Waals surface area contributed by atoms with Crippen LogP contribution in [0.25, 0.3) is 0 Å². The molecule has 0 amide bonds. The van der Waals surface area contributed by atoms with E-state index >= 15 is 0 Å². The van der Waals surface area contributed by atoms with E-state index in [9.17, 15) is 13.5 Å². The lowest BCUT2D eigenvalue weighted by Crippen LogP contribution is -2.12. The monoisotopic (exact) mass is 299 g/mol. The van der Waals surface area contributed by atoms with Crippen molar-refractivity contribution in [2.75, 3.05) is 11.8 Å². The summed E-state index contributed by atoms with van der Waals surface area (Å²) in [4.78, 5) is 0.0866. The normalized spacial score (nSPS) is 11.3. The quantitative estimate of drug-likeness (QED) is 0.886. The molecule has 1 aromatic heterocycles. The van der Waals surface area contributed by atoms with Crippen molar-refractivity contribution in [2.45, 2.75) is 11.5 Å². The van der Waals surface area contributed by atoms with Gasteiger partial charge in [0.1, 0.15) is 5.75 Å². The number of benzene rings is 1. The zero-order valence-electron chi connectivity index (χ0n) is 10.2. The van der Waals surface area contributed by atoms with Gasteiger partial charge in [-0.3, -0.25) is 4.72 Å². The number of hydrogen-bond acceptors (Lipinski definition) is 5. The number of anilines is 1. The Balaban J connectivity index is 2.35. The average Bonchev–Trinajstić information content (AvgIpc) is 2.89. The molecule has 0 unspecified atom stereocenters. The van der Waals surface area contributed by atoms with Gasteiger partial charge in [-0.25, -0.2) is 8.42 Å². The summed E-state index contributed by atoms with van der Waals surface area (Å²) in [5.74, 6) is 0.456. The lowest BCUT2D eigenvalue weighted by atomic mass is 10.2. The van der Waals surface area contributed by atoms with Crippen LogP contribution in [0.5, 0.6) is 5.75 Å². The Morgan fingerprint density at radius 2 is 2.16 bits per heavy atom. The highest BCUT2D eigenvalue weighted by molar-refractivity contribution is 7.92. The maximum absolute atomic E-state index is 12.1. The molecule has 0 aliphatic heterocycles. The van der Waals surface area contributed by atoms with Crippen LogP contribution in [0.3, 0.4) is 0 Å². The van der Waals surface area contributed by atoms with Crippen LogP contribution in [-0.2, 0) is 16.6 Å². The maximum Gasteiger partial charge on any atom is 0.261 e. The SMILES string of the molecule is COc1ccc(S(=O)(=O)Nc2ccsc2)cc1CO. The lowest BCUT2D eigenvalue weighted by Gasteiger charge is -2.10. The van der Waals surface area contributed by atoms with Gasteiger partial charge in [0, 0.05) is 10.9 Å². The fourth-order valence-electron chi connectivity index (χ4n) is 1.58. The first kappa shape index (κ1) is 13.9. The van der Waals surface area contributed by atoms with Crippen molar-refractivity contribution in [2.24, 2.45) is 0 Å². The van der Waals surface area contributed by atoms with Crippen LogP contribution < -0.4 is 9.46 Å². The van der Waals surface area contributed by atoms with E-state index in [1.165, 1.54) is 36.6 Å². The molecule has 0 fully saturated rings. The maximum atomic E-state index is 12.1. The van der Waals surface area contributed by atoms with Crippen LogP contribution in [0.15, 0.2) is 39.9 Å². The van der Waals surface area contributed by atoms with Crippen molar-refractivity contribution < 1.29 is 18.3 Å². The van der Waals surface area contributed by atoms with Gasteiger partial charge in [-0.2, -0.15) is 11.3 Å². The molecular weight excluding hydrogens is 286 g/mol. The summed E-state index contributed by atoms with van der Waals surface area (Å²) in [5, 5.41) is 12.7. The van der Waals surface area contributed by atoms with Crippen molar-refractivity contribution in [3.05, 3.63) is 40.6 Å². The van der Waals surface area contributed by atoms with Gasteiger partial charge in [0.25, 0.3) is 10.0 Å². The van der Waals surface area contributed by atoms with Crippen LogP contribution in [-0.4, -0.2) is 20.6 Å². The van der Waals surface area contributed by atoms with Crippen molar-refractivity contribution in [1.29, 1.82) is 0 Å². The van der Waals surface area contributed by atoms with Gasteiger partial charge in [0.2, 0.25) is 0 Å². The van der Waals surface area contributed by atoms with Gasteiger partial charge in [0.05, 0.1) is 24.3 Å². The molecule has 5 nitrogen and oxygen atoms in total. The third kappa shape index (κ3) is 3.06. The summed E-state index contributed by atoms with van der Waals surface area (Å²) in [6, 6.07) is 6.03. The topological polar surface area (TPSA) is 75.6 Å². The number of aliphatic hydroxyl groups is 1. The number of aliphatic hydroxyl groups excluding tert-OH is 1. The second-order valence-corrected chi connectivity index (χ2v) is 6.21. The van der Waals surface area contributed by atoms with E-state index in [4.69, 9.17) is 4.74 Å². The minimum absolute atomic E-state index is 0.0866. The number of thiophene rings is 1. The minimum atomic E-state index is -3.65. The lowest BCUT2D eigenvalue weighted by molar-refractivity contribution is 0.273. The Labute approximate surface area is 115 Å². The van der Waals surface area contributed by atoms with Crippen molar-refractivity contribution in [1.82, 2.24) is 0 Å². The molecule has 19 heavy (non-hydrogen) atoms. The summed E-state index contributed by atoms with van der Waals surface area (Å²) < 4.78 is 31.8. The molecule has 0 spiro atoms. The number of sulfonamides is 1. The molecule has 102 valence electrons. The Bertz CT molecular complexity index is 650. The molecular formula is C12H13NO4S2. The highest BCUT2D eigenvalue weighted by atomic mass is 32.2. The average molecular weight is 299 g/mol. The largest absolute Gasteiger partial charge is 0.496 e. The first-order chi connectivity index (χ1) is 9.06. The van der Waals surface area contributed by atoms with Crippen LogP contribution in [0, 0.1) is 0 Å². The van der Waals surface area contributed by atoms with Gasteiger partial charge in [0.15, 0.2) is 0 Å². The molecule has 0 radical (unpaired) electrons. The Hall–Kier alpha value is -1.57. The predicted octanol–water partition coefficient (Wildman–Crippen LogP) is 2.05. The zero-order chi connectivity index (χ0) is 13.9. The smallest absolute Gasteiger partial charge is 0.261 e. The minimum Gasteiger partial charge on any atom is -0.496 e. The summed E-state index contributed by atoms with van der Waals surface area (Å²) in [7, 11) is -2.19. The molecule has 2 N–H and O–H groups in total. The van der Waals surface area contributed by atoms with E-state index in [0.717, 1.165) is 0 Å². The summed E-state index contributed by atoms with van der Waals surface area (Å²) in [6.07, 6.45) is 0. The van der Waals surface area contributed by atoms with E-state index in [1.807, 2.05) is 0 Å². The third-order valence-corrected chi connectivity index (χ3v) is 4.57. The molecule has 0 bridgehead atoms. The van der Waals surface area contributed by atoms with E-state index < -0.39 is 10.0 Å². The molecule has 7 heteroatoms. The molecule has 2 aromatic rings. The summed E-state index contributed by atoms with van der Waals surface area (Å²) in [6.45, 7) is -0.287. The number of nitrogens with one attached hydrogen (secondary N) is 1. The van der Waals surface area contributed by atoms with E-state index in [2.05, 4.69) is 4.72 Å². The summed E-state index contributed by atoms with van der Waals surface area (Å²) >= 11 is 1.40. The number of ether oxygens (including phenoxy) is 1. The zero-order valence-corrected chi connectivity index (χ0v) is 11.8. The van der Waals surface area contributed by atoms with Crippen LogP contribution >= 0.6 is 11.3 Å². The molecule has 2 rings (SSSR count). The molecule has 0 saturated carbocycles. The molecule has 0 aliphatic rings. The second-order valence-electron chi connectivity index (χ2n) is 3.75. The summed E-state index contributed by atoms with van der Waals surface area (Å²) in [5.41, 5.74) is 0.946. The van der Waals surface area contributed by atoms with Crippen molar-refractivity contribution in [3.63, 3.8) is 0 Å². The Morgan fingerprint density at radius 1 is 1.37 bits per heavy atom. The van der Waals surface area contributed by atoms with E-state index in [-0.39, 0.29) is 11.5 Å². The van der Waals surface area contributed by atoms with Gasteiger partial charge in [-0.1, -0.05) is 0 Å². The molecule has 1 aromatic carbocycles. The van der Waals surface area contributed by atoms with E-state index in [1.54, 1.807) is 16.8 Å². The Kier molecular flexibility index (Phi) is 4.08. The highest BCUT2D eigenvalue weighted by Gasteiger charge is 2.16. The first-order valence-corrected chi connectivity index (χ1v) is 7.82. The van der Waals surface area contributed by atoms with Gasteiger partial charge < -0.3 is 9.84 Å². The second kappa shape index (κ2) is 5.60. The number of hydrogen-bond donors (Lipinski definition) is 2. The fourth-order valence-corrected chi connectivity index (χ4v) is 3.34. The van der Waals surface area contributed by atoms with Gasteiger partial charge in [-0.05, 0) is 29.6 Å². The predicted molar refractivity (Wildman–Crippen MR) is 74.0 cm³/mol. The number of methoxy groups -OCH3 is 1. The standard InChI is InChI=1S/C12H13NO4S2/c1-17-12-3-2-11(6-9(12)7-14)19(15,16)13-10-4-5-18-8-10/h2-6,8,13-14H,7H2,1H3. The molecule has 1 heterocycles. The first-order valence-electron chi connectivity index (χ1n) is 5.39. The van der Waals surface area contributed by atoms with Crippen LogP contribution in [0.2, 0.25) is 0 Å². The highest BCUT2D eigenvalue weighted by Crippen LogP contribution is 2.24. The van der Waals surface area contributed by atoms with Crippen molar-refractivity contribution in [3.8, 4) is 5.75 Å². The molecule has 0 atom stereocenters. The number of rotatable bonds is 5. The molecule has 0 saturated heterocycles. The van der Waals surface area contributed by atoms with Crippen LogP contribution in [0.1, 0.15) is 5.56 Å². The Morgan fingerprint density at radius 3 is 2.74 bits per heavy atom. The van der Waals surface area contributed by atoms with Crippen molar-refractivity contribution >= 4 is 27.0 Å². The van der Waals surface area contributed by atoms with Gasteiger partial charge >= 0.3 is 0 Å². The van der Waals surface area contributed by atoms with Crippen LogP contribution in [0.4, 0.5) is 5.69 Å². The fraction of sp³-hybridized carbons (Fsp3) is 0.167.